The monoisotopic (exact) mass is 300 g/mol. The second kappa shape index (κ2) is 6.15. The van der Waals surface area contributed by atoms with E-state index in [0.717, 1.165) is 12.1 Å². The molecule has 0 aliphatic carbocycles. The zero-order chi connectivity index (χ0) is 15.5. The Labute approximate surface area is 119 Å². The van der Waals surface area contributed by atoms with Gasteiger partial charge in [-0.15, -0.1) is 0 Å². The first-order chi connectivity index (χ1) is 9.86. The van der Waals surface area contributed by atoms with Gasteiger partial charge in [-0.2, -0.15) is 13.2 Å². The van der Waals surface area contributed by atoms with E-state index in [0.29, 0.717) is 31.4 Å². The lowest BCUT2D eigenvalue weighted by Crippen LogP contribution is -2.42. The summed E-state index contributed by atoms with van der Waals surface area (Å²) < 4.78 is 37.2. The number of nitrogens with one attached hydrogen (secondary N) is 2. The maximum atomic E-state index is 12.4. The van der Waals surface area contributed by atoms with E-state index in [2.05, 4.69) is 10.6 Å². The molecule has 0 aromatic heterocycles. The first-order valence-corrected chi connectivity index (χ1v) is 6.59. The predicted molar refractivity (Wildman–Crippen MR) is 69.3 cm³/mol. The Morgan fingerprint density at radius 1 is 1.29 bits per heavy atom. The predicted octanol–water partition coefficient (Wildman–Crippen LogP) is 1.64. The number of amides is 2. The van der Waals surface area contributed by atoms with Crippen LogP contribution in [0.4, 0.5) is 13.2 Å². The molecule has 1 atom stereocenters. The van der Waals surface area contributed by atoms with Crippen molar-refractivity contribution in [3.05, 3.63) is 35.4 Å². The number of hydrogen-bond acceptors (Lipinski definition) is 2. The molecule has 1 aliphatic rings. The van der Waals surface area contributed by atoms with Crippen molar-refractivity contribution in [3.8, 4) is 0 Å². The van der Waals surface area contributed by atoms with Gasteiger partial charge in [0, 0.05) is 13.0 Å². The molecule has 1 fully saturated rings. The summed E-state index contributed by atoms with van der Waals surface area (Å²) in [4.78, 5) is 22.7. The zero-order valence-corrected chi connectivity index (χ0v) is 11.2. The number of carbonyl (C=O) groups excluding carboxylic acids is 2. The highest BCUT2D eigenvalue weighted by atomic mass is 19.4. The van der Waals surface area contributed by atoms with Crippen LogP contribution in [0.2, 0.25) is 0 Å². The standard InChI is InChI=1S/C14H15F3N2O2/c15-14(16,17)10-3-1-9(2-4-10)7-8-18-13(21)11-5-6-12(20)19-11/h1-4,11H,5-8H2,(H,18,21)(H,19,20)/t11-/m0/s1. The molecule has 2 rings (SSSR count). The van der Waals surface area contributed by atoms with Gasteiger partial charge in [-0.25, -0.2) is 0 Å². The molecule has 0 saturated carbocycles. The maximum Gasteiger partial charge on any atom is 0.416 e. The van der Waals surface area contributed by atoms with Crippen molar-refractivity contribution in [3.63, 3.8) is 0 Å². The highest BCUT2D eigenvalue weighted by molar-refractivity contribution is 5.90. The van der Waals surface area contributed by atoms with Gasteiger partial charge in [0.15, 0.2) is 0 Å². The van der Waals surface area contributed by atoms with E-state index in [4.69, 9.17) is 0 Å². The third-order valence-electron chi connectivity index (χ3n) is 3.31. The normalized spacial score (nSPS) is 18.4. The van der Waals surface area contributed by atoms with Gasteiger partial charge in [0.25, 0.3) is 0 Å². The molecular weight excluding hydrogens is 285 g/mol. The fourth-order valence-corrected chi connectivity index (χ4v) is 2.12. The van der Waals surface area contributed by atoms with Crippen molar-refractivity contribution in [2.75, 3.05) is 6.54 Å². The fourth-order valence-electron chi connectivity index (χ4n) is 2.12. The molecule has 2 N–H and O–H groups in total. The van der Waals surface area contributed by atoms with E-state index in [1.807, 2.05) is 0 Å². The second-order valence-electron chi connectivity index (χ2n) is 4.89. The summed E-state index contributed by atoms with van der Waals surface area (Å²) in [5.74, 6) is -0.398. The minimum absolute atomic E-state index is 0.141. The average Bonchev–Trinajstić information content (AvgIpc) is 2.85. The summed E-state index contributed by atoms with van der Waals surface area (Å²) in [7, 11) is 0. The van der Waals surface area contributed by atoms with Crippen molar-refractivity contribution in [1.29, 1.82) is 0 Å². The summed E-state index contributed by atoms with van der Waals surface area (Å²) in [6.07, 6.45) is -3.08. The van der Waals surface area contributed by atoms with Crippen LogP contribution in [0.25, 0.3) is 0 Å². The Balaban J connectivity index is 1.78. The molecule has 0 bridgehead atoms. The highest BCUT2D eigenvalue weighted by Gasteiger charge is 2.30. The van der Waals surface area contributed by atoms with E-state index in [1.165, 1.54) is 12.1 Å². The van der Waals surface area contributed by atoms with Crippen LogP contribution in [0.3, 0.4) is 0 Å². The van der Waals surface area contributed by atoms with Crippen LogP contribution in [-0.2, 0) is 22.2 Å². The third kappa shape index (κ3) is 4.21. The lowest BCUT2D eigenvalue weighted by atomic mass is 10.1. The molecule has 4 nitrogen and oxygen atoms in total. The highest BCUT2D eigenvalue weighted by Crippen LogP contribution is 2.29. The van der Waals surface area contributed by atoms with E-state index in [-0.39, 0.29) is 11.8 Å². The molecular formula is C14H15F3N2O2. The maximum absolute atomic E-state index is 12.4. The molecule has 0 unspecified atom stereocenters. The number of carbonyl (C=O) groups is 2. The number of halogens is 3. The van der Waals surface area contributed by atoms with E-state index >= 15 is 0 Å². The van der Waals surface area contributed by atoms with Gasteiger partial charge in [0.2, 0.25) is 11.8 Å². The van der Waals surface area contributed by atoms with E-state index < -0.39 is 17.8 Å². The Morgan fingerprint density at radius 2 is 1.95 bits per heavy atom. The van der Waals surface area contributed by atoms with Crippen LogP contribution < -0.4 is 10.6 Å². The largest absolute Gasteiger partial charge is 0.416 e. The third-order valence-corrected chi connectivity index (χ3v) is 3.31. The summed E-state index contributed by atoms with van der Waals surface area (Å²) in [6.45, 7) is 0.316. The number of alkyl halides is 3. The van der Waals surface area contributed by atoms with Gasteiger partial charge in [-0.3, -0.25) is 9.59 Å². The Morgan fingerprint density at radius 3 is 2.48 bits per heavy atom. The van der Waals surface area contributed by atoms with Crippen LogP contribution in [0, 0.1) is 0 Å². The Bertz CT molecular complexity index is 526. The van der Waals surface area contributed by atoms with Crippen LogP contribution in [-0.4, -0.2) is 24.4 Å². The Kier molecular flexibility index (Phi) is 4.50. The molecule has 0 spiro atoms. The molecule has 1 aliphatic heterocycles. The van der Waals surface area contributed by atoms with Crippen molar-refractivity contribution in [2.24, 2.45) is 0 Å². The lowest BCUT2D eigenvalue weighted by molar-refractivity contribution is -0.137. The van der Waals surface area contributed by atoms with Gasteiger partial charge in [0.05, 0.1) is 5.56 Å². The molecule has 1 saturated heterocycles. The van der Waals surface area contributed by atoms with Crippen LogP contribution in [0.1, 0.15) is 24.0 Å². The van der Waals surface area contributed by atoms with E-state index in [1.54, 1.807) is 0 Å². The summed E-state index contributed by atoms with van der Waals surface area (Å²) in [5, 5.41) is 5.21. The van der Waals surface area contributed by atoms with Gasteiger partial charge in [0.1, 0.15) is 6.04 Å². The number of benzene rings is 1. The minimum atomic E-state index is -4.34. The molecule has 21 heavy (non-hydrogen) atoms. The molecule has 2 amide bonds. The lowest BCUT2D eigenvalue weighted by Gasteiger charge is -2.11. The SMILES string of the molecule is O=C1CC[C@@H](C(=O)NCCc2ccc(C(F)(F)F)cc2)N1. The minimum Gasteiger partial charge on any atom is -0.354 e. The van der Waals surface area contributed by atoms with Gasteiger partial charge in [-0.05, 0) is 30.5 Å². The topological polar surface area (TPSA) is 58.2 Å². The number of hydrogen-bond donors (Lipinski definition) is 2. The first kappa shape index (κ1) is 15.3. The van der Waals surface area contributed by atoms with Crippen molar-refractivity contribution >= 4 is 11.8 Å². The average molecular weight is 300 g/mol. The summed E-state index contributed by atoms with van der Waals surface area (Å²) in [6, 6.07) is 4.34. The molecule has 0 radical (unpaired) electrons. The summed E-state index contributed by atoms with van der Waals surface area (Å²) >= 11 is 0. The first-order valence-electron chi connectivity index (χ1n) is 6.59. The summed E-state index contributed by atoms with van der Waals surface area (Å²) in [5.41, 5.74) is 0.0164. The Hall–Kier alpha value is -2.05. The molecule has 1 aromatic carbocycles. The zero-order valence-electron chi connectivity index (χ0n) is 11.2. The number of rotatable bonds is 4. The smallest absolute Gasteiger partial charge is 0.354 e. The second-order valence-corrected chi connectivity index (χ2v) is 4.89. The van der Waals surface area contributed by atoms with Gasteiger partial charge >= 0.3 is 6.18 Å². The van der Waals surface area contributed by atoms with Crippen LogP contribution >= 0.6 is 0 Å². The van der Waals surface area contributed by atoms with Crippen molar-refractivity contribution < 1.29 is 22.8 Å². The molecule has 114 valence electrons. The van der Waals surface area contributed by atoms with Crippen molar-refractivity contribution in [1.82, 2.24) is 10.6 Å². The fraction of sp³-hybridized carbons (Fsp3) is 0.429. The van der Waals surface area contributed by atoms with Crippen LogP contribution in [0.15, 0.2) is 24.3 Å². The van der Waals surface area contributed by atoms with Crippen LogP contribution in [0.5, 0.6) is 0 Å². The molecule has 1 heterocycles. The van der Waals surface area contributed by atoms with Gasteiger partial charge < -0.3 is 10.6 Å². The molecule has 1 aromatic rings. The van der Waals surface area contributed by atoms with Gasteiger partial charge in [-0.1, -0.05) is 12.1 Å². The molecule has 7 heteroatoms. The van der Waals surface area contributed by atoms with Crippen molar-refractivity contribution in [2.45, 2.75) is 31.5 Å². The quantitative estimate of drug-likeness (QED) is 0.888. The van der Waals surface area contributed by atoms with E-state index in [9.17, 15) is 22.8 Å².